The molecule has 0 spiro atoms. The Morgan fingerprint density at radius 2 is 2.09 bits per heavy atom. The highest BCUT2D eigenvalue weighted by Gasteiger charge is 2.37. The minimum atomic E-state index is -0.513. The van der Waals surface area contributed by atoms with Gasteiger partial charge in [0.1, 0.15) is 0 Å². The van der Waals surface area contributed by atoms with E-state index in [-0.39, 0.29) is 17.9 Å². The second-order valence-corrected chi connectivity index (χ2v) is 6.73. The van der Waals surface area contributed by atoms with Crippen LogP contribution in [0.25, 0.3) is 0 Å². The number of nitrogens with zero attached hydrogens (tertiary/aromatic N) is 3. The van der Waals surface area contributed by atoms with Crippen molar-refractivity contribution < 1.29 is 9.90 Å². The van der Waals surface area contributed by atoms with Crippen molar-refractivity contribution in [2.24, 2.45) is 17.6 Å². The van der Waals surface area contributed by atoms with Gasteiger partial charge in [-0.1, -0.05) is 0 Å². The van der Waals surface area contributed by atoms with Crippen molar-refractivity contribution in [2.45, 2.75) is 50.8 Å². The zero-order chi connectivity index (χ0) is 15.5. The van der Waals surface area contributed by atoms with Crippen LogP contribution in [0.1, 0.15) is 32.1 Å². The third-order valence-corrected chi connectivity index (χ3v) is 5.18. The average Bonchev–Trinajstić information content (AvgIpc) is 3.16. The first kappa shape index (κ1) is 15.5. The Balaban J connectivity index is 1.42. The number of piperidine rings is 1. The van der Waals surface area contributed by atoms with Crippen LogP contribution in [0.4, 0.5) is 0 Å². The van der Waals surface area contributed by atoms with Crippen molar-refractivity contribution >= 4 is 5.91 Å². The fraction of sp³-hybridized carbons (Fsp3) is 0.750. The van der Waals surface area contributed by atoms with Gasteiger partial charge in [-0.15, -0.1) is 0 Å². The molecule has 0 unspecified atom stereocenters. The quantitative estimate of drug-likeness (QED) is 0.853. The molecule has 6 heteroatoms. The lowest BCUT2D eigenvalue weighted by molar-refractivity contribution is -0.137. The van der Waals surface area contributed by atoms with Gasteiger partial charge < -0.3 is 15.7 Å². The smallest absolute Gasteiger partial charge is 0.225 e. The van der Waals surface area contributed by atoms with E-state index in [0.717, 1.165) is 38.9 Å². The van der Waals surface area contributed by atoms with Gasteiger partial charge in [0.2, 0.25) is 5.91 Å². The van der Waals surface area contributed by atoms with E-state index in [9.17, 15) is 9.90 Å². The largest absolute Gasteiger partial charge is 0.391 e. The number of likely N-dealkylation sites (tertiary alicyclic amines) is 1. The predicted molar refractivity (Wildman–Crippen MR) is 82.9 cm³/mol. The third kappa shape index (κ3) is 3.50. The Morgan fingerprint density at radius 3 is 2.68 bits per heavy atom. The normalized spacial score (nSPS) is 29.9. The number of aromatic nitrogens is 2. The van der Waals surface area contributed by atoms with E-state index in [1.807, 2.05) is 28.0 Å². The lowest BCUT2D eigenvalue weighted by atomic mass is 9.92. The predicted octanol–water partition coefficient (Wildman–Crippen LogP) is 0.610. The Labute approximate surface area is 131 Å². The summed E-state index contributed by atoms with van der Waals surface area (Å²) in [4.78, 5) is 14.5. The molecule has 122 valence electrons. The van der Waals surface area contributed by atoms with Gasteiger partial charge in [0.05, 0.1) is 6.10 Å². The van der Waals surface area contributed by atoms with Gasteiger partial charge in [0.15, 0.2) is 0 Å². The molecule has 0 aromatic carbocycles. The number of hydrogen-bond donors (Lipinski definition) is 2. The average molecular weight is 306 g/mol. The topological polar surface area (TPSA) is 84.4 Å². The van der Waals surface area contributed by atoms with Gasteiger partial charge in [-0.2, -0.15) is 5.10 Å². The fourth-order valence-electron chi connectivity index (χ4n) is 3.70. The summed E-state index contributed by atoms with van der Waals surface area (Å²) in [6.45, 7) is 2.63. The Kier molecular flexibility index (Phi) is 4.78. The minimum Gasteiger partial charge on any atom is -0.391 e. The zero-order valence-corrected chi connectivity index (χ0v) is 13.0. The fourth-order valence-corrected chi connectivity index (χ4v) is 3.70. The van der Waals surface area contributed by atoms with E-state index in [4.69, 9.17) is 5.73 Å². The van der Waals surface area contributed by atoms with Crippen molar-refractivity contribution in [3.05, 3.63) is 18.5 Å². The molecule has 2 aliphatic rings. The molecule has 3 rings (SSSR count). The number of aliphatic hydroxyl groups excluding tert-OH is 1. The molecule has 1 saturated heterocycles. The van der Waals surface area contributed by atoms with E-state index in [1.165, 1.54) is 0 Å². The van der Waals surface area contributed by atoms with E-state index in [1.54, 1.807) is 0 Å². The van der Waals surface area contributed by atoms with E-state index in [2.05, 4.69) is 5.10 Å². The first-order valence-electron chi connectivity index (χ1n) is 8.33. The number of nitrogens with two attached hydrogens (primary N) is 1. The SMILES string of the molecule is N[C@H]1C[C@H](C(=O)N2CCC(CCn3cccn3)CC2)C[C@@H]1O. The van der Waals surface area contributed by atoms with Gasteiger partial charge in [-0.05, 0) is 44.1 Å². The second kappa shape index (κ2) is 6.79. The maximum atomic E-state index is 12.5. The summed E-state index contributed by atoms with van der Waals surface area (Å²) in [6.07, 6.45) is 7.69. The number of carbonyl (C=O) groups excluding carboxylic acids is 1. The van der Waals surface area contributed by atoms with E-state index >= 15 is 0 Å². The van der Waals surface area contributed by atoms with Crippen molar-refractivity contribution in [3.8, 4) is 0 Å². The first-order chi connectivity index (χ1) is 10.6. The summed E-state index contributed by atoms with van der Waals surface area (Å²) < 4.78 is 1.97. The lowest BCUT2D eigenvalue weighted by Crippen LogP contribution is -2.41. The van der Waals surface area contributed by atoms with Gasteiger partial charge in [-0.3, -0.25) is 9.48 Å². The van der Waals surface area contributed by atoms with Crippen LogP contribution in [0.15, 0.2) is 18.5 Å². The second-order valence-electron chi connectivity index (χ2n) is 6.73. The molecule has 1 aliphatic carbocycles. The Hall–Kier alpha value is -1.40. The van der Waals surface area contributed by atoms with Crippen molar-refractivity contribution in [1.29, 1.82) is 0 Å². The maximum absolute atomic E-state index is 12.5. The molecular weight excluding hydrogens is 280 g/mol. The summed E-state index contributed by atoms with van der Waals surface area (Å²) in [5.41, 5.74) is 5.82. The molecule has 1 amide bonds. The maximum Gasteiger partial charge on any atom is 0.225 e. The molecule has 1 saturated carbocycles. The molecule has 1 aromatic heterocycles. The van der Waals surface area contributed by atoms with Crippen LogP contribution in [0, 0.1) is 11.8 Å². The molecule has 2 heterocycles. The molecule has 0 bridgehead atoms. The molecule has 2 fully saturated rings. The Bertz CT molecular complexity index is 472. The summed E-state index contributed by atoms with van der Waals surface area (Å²) in [5.74, 6) is 0.785. The highest BCUT2D eigenvalue weighted by Crippen LogP contribution is 2.29. The van der Waals surface area contributed by atoms with Gasteiger partial charge in [0, 0.05) is 44.0 Å². The van der Waals surface area contributed by atoms with Crippen molar-refractivity contribution in [2.75, 3.05) is 13.1 Å². The zero-order valence-electron chi connectivity index (χ0n) is 13.0. The van der Waals surface area contributed by atoms with Crippen molar-refractivity contribution in [3.63, 3.8) is 0 Å². The first-order valence-corrected chi connectivity index (χ1v) is 8.33. The highest BCUT2D eigenvalue weighted by atomic mass is 16.3. The third-order valence-electron chi connectivity index (χ3n) is 5.18. The number of carbonyl (C=O) groups is 1. The summed E-state index contributed by atoms with van der Waals surface area (Å²) in [7, 11) is 0. The summed E-state index contributed by atoms with van der Waals surface area (Å²) in [5, 5.41) is 13.9. The van der Waals surface area contributed by atoms with Crippen LogP contribution >= 0.6 is 0 Å². The van der Waals surface area contributed by atoms with Crippen LogP contribution in [0.2, 0.25) is 0 Å². The van der Waals surface area contributed by atoms with Crippen LogP contribution < -0.4 is 5.73 Å². The Morgan fingerprint density at radius 1 is 1.32 bits per heavy atom. The number of hydrogen-bond acceptors (Lipinski definition) is 4. The molecular formula is C16H26N4O2. The van der Waals surface area contributed by atoms with Gasteiger partial charge in [-0.25, -0.2) is 0 Å². The van der Waals surface area contributed by atoms with Crippen LogP contribution in [-0.4, -0.2) is 50.9 Å². The summed E-state index contributed by atoms with van der Waals surface area (Å²) >= 11 is 0. The van der Waals surface area contributed by atoms with Gasteiger partial charge in [0.25, 0.3) is 0 Å². The van der Waals surface area contributed by atoms with Crippen molar-refractivity contribution in [1.82, 2.24) is 14.7 Å². The molecule has 1 aliphatic heterocycles. The highest BCUT2D eigenvalue weighted by molar-refractivity contribution is 5.79. The number of aliphatic hydroxyl groups is 1. The number of aryl methyl sites for hydroxylation is 1. The molecule has 3 atom stereocenters. The van der Waals surface area contributed by atoms with E-state index in [0.29, 0.717) is 18.8 Å². The molecule has 6 nitrogen and oxygen atoms in total. The number of amides is 1. The molecule has 1 aromatic rings. The monoisotopic (exact) mass is 306 g/mol. The summed E-state index contributed by atoms with van der Waals surface area (Å²) in [6, 6.07) is 1.71. The number of rotatable bonds is 4. The molecule has 22 heavy (non-hydrogen) atoms. The standard InChI is InChI=1S/C16H26N4O2/c17-14-10-13(11-15(14)21)16(22)19-7-2-12(3-8-19)4-9-20-6-1-5-18-20/h1,5-6,12-15,21H,2-4,7-11,17H2/t13-,14-,15-/m0/s1. The van der Waals surface area contributed by atoms with Crippen LogP contribution in [0.3, 0.4) is 0 Å². The minimum absolute atomic E-state index is 0.0781. The van der Waals surface area contributed by atoms with E-state index < -0.39 is 6.10 Å². The lowest BCUT2D eigenvalue weighted by Gasteiger charge is -2.33. The molecule has 3 N–H and O–H groups in total. The molecule has 0 radical (unpaired) electrons. The van der Waals surface area contributed by atoms with Gasteiger partial charge >= 0.3 is 0 Å². The van der Waals surface area contributed by atoms with Crippen LogP contribution in [0.5, 0.6) is 0 Å². The van der Waals surface area contributed by atoms with Crippen LogP contribution in [-0.2, 0) is 11.3 Å².